The van der Waals surface area contributed by atoms with Gasteiger partial charge in [-0.2, -0.15) is 0 Å². The summed E-state index contributed by atoms with van der Waals surface area (Å²) < 4.78 is 0. The zero-order valence-electron chi connectivity index (χ0n) is 11.5. The molecule has 1 aliphatic rings. The predicted molar refractivity (Wildman–Crippen MR) is 77.9 cm³/mol. The van der Waals surface area contributed by atoms with Crippen molar-refractivity contribution in [2.45, 2.75) is 25.3 Å². The topological polar surface area (TPSA) is 92.1 Å². The predicted octanol–water partition coefficient (Wildman–Crippen LogP) is 1.13. The second-order valence-corrected chi connectivity index (χ2v) is 4.92. The SMILES string of the molecule is O=[N+]([O-])c1ccc(NCCNCCC2CCCN2)nc1. The molecule has 0 spiro atoms. The molecule has 20 heavy (non-hydrogen) atoms. The highest BCUT2D eigenvalue weighted by molar-refractivity contribution is 5.39. The van der Waals surface area contributed by atoms with Gasteiger partial charge >= 0.3 is 0 Å². The van der Waals surface area contributed by atoms with Crippen LogP contribution in [0.3, 0.4) is 0 Å². The fourth-order valence-electron chi connectivity index (χ4n) is 2.28. The van der Waals surface area contributed by atoms with E-state index in [-0.39, 0.29) is 5.69 Å². The molecule has 0 aromatic carbocycles. The fourth-order valence-corrected chi connectivity index (χ4v) is 2.28. The molecule has 0 radical (unpaired) electrons. The lowest BCUT2D eigenvalue weighted by molar-refractivity contribution is -0.385. The molecule has 1 atom stereocenters. The average molecular weight is 279 g/mol. The van der Waals surface area contributed by atoms with Gasteiger partial charge in [0.2, 0.25) is 0 Å². The summed E-state index contributed by atoms with van der Waals surface area (Å²) in [4.78, 5) is 14.0. The smallest absolute Gasteiger partial charge is 0.287 e. The van der Waals surface area contributed by atoms with Crippen LogP contribution >= 0.6 is 0 Å². The van der Waals surface area contributed by atoms with Crippen molar-refractivity contribution in [2.24, 2.45) is 0 Å². The van der Waals surface area contributed by atoms with E-state index in [0.29, 0.717) is 11.9 Å². The van der Waals surface area contributed by atoms with E-state index in [0.717, 1.165) is 32.6 Å². The van der Waals surface area contributed by atoms with Crippen molar-refractivity contribution in [1.82, 2.24) is 15.6 Å². The Balaban J connectivity index is 1.55. The third-order valence-corrected chi connectivity index (χ3v) is 3.40. The average Bonchev–Trinajstić information content (AvgIpc) is 2.96. The molecule has 7 heteroatoms. The lowest BCUT2D eigenvalue weighted by Crippen LogP contribution is -2.29. The van der Waals surface area contributed by atoms with Gasteiger partial charge in [-0.1, -0.05) is 0 Å². The largest absolute Gasteiger partial charge is 0.369 e. The van der Waals surface area contributed by atoms with Crippen molar-refractivity contribution in [3.05, 3.63) is 28.4 Å². The molecule has 2 rings (SSSR count). The van der Waals surface area contributed by atoms with Gasteiger partial charge in [0, 0.05) is 25.2 Å². The Kier molecular flexibility index (Phi) is 5.69. The van der Waals surface area contributed by atoms with E-state index in [4.69, 9.17) is 0 Å². The standard InChI is InChI=1S/C13H21N5O2/c19-18(20)12-3-4-13(17-10-12)16-9-8-14-7-5-11-2-1-6-15-11/h3-4,10-11,14-15H,1-2,5-9H2,(H,16,17). The van der Waals surface area contributed by atoms with Crippen LogP contribution in [0.25, 0.3) is 0 Å². The first-order valence-electron chi connectivity index (χ1n) is 7.04. The molecule has 1 aromatic rings. The first-order valence-corrected chi connectivity index (χ1v) is 7.04. The van der Waals surface area contributed by atoms with Gasteiger partial charge in [-0.15, -0.1) is 0 Å². The van der Waals surface area contributed by atoms with E-state index < -0.39 is 4.92 Å². The minimum absolute atomic E-state index is 0.0118. The number of nitrogens with one attached hydrogen (secondary N) is 3. The van der Waals surface area contributed by atoms with Crippen molar-refractivity contribution in [3.63, 3.8) is 0 Å². The highest BCUT2D eigenvalue weighted by Gasteiger charge is 2.12. The molecule has 2 heterocycles. The number of aromatic nitrogens is 1. The number of nitrogens with zero attached hydrogens (tertiary/aromatic N) is 2. The highest BCUT2D eigenvalue weighted by atomic mass is 16.6. The normalized spacial score (nSPS) is 18.1. The van der Waals surface area contributed by atoms with Crippen LogP contribution in [0.5, 0.6) is 0 Å². The summed E-state index contributed by atoms with van der Waals surface area (Å²) in [6, 6.07) is 3.75. The van der Waals surface area contributed by atoms with Gasteiger partial charge in [-0.3, -0.25) is 10.1 Å². The minimum atomic E-state index is -0.449. The quantitative estimate of drug-likeness (QED) is 0.375. The summed E-state index contributed by atoms with van der Waals surface area (Å²) in [7, 11) is 0. The first-order chi connectivity index (χ1) is 9.75. The van der Waals surface area contributed by atoms with Gasteiger partial charge in [0.15, 0.2) is 0 Å². The Morgan fingerprint density at radius 1 is 1.40 bits per heavy atom. The summed E-state index contributed by atoms with van der Waals surface area (Å²) in [5, 5.41) is 20.5. The summed E-state index contributed by atoms with van der Waals surface area (Å²) in [5.41, 5.74) is 0.0118. The van der Waals surface area contributed by atoms with E-state index in [1.54, 1.807) is 6.07 Å². The summed E-state index contributed by atoms with van der Waals surface area (Å²) in [5.74, 6) is 0.662. The third-order valence-electron chi connectivity index (χ3n) is 3.40. The zero-order valence-corrected chi connectivity index (χ0v) is 11.5. The van der Waals surface area contributed by atoms with Crippen molar-refractivity contribution < 1.29 is 4.92 Å². The zero-order chi connectivity index (χ0) is 14.2. The molecule has 1 fully saturated rings. The number of pyridine rings is 1. The van der Waals surface area contributed by atoms with E-state index in [1.807, 2.05) is 0 Å². The molecular formula is C13H21N5O2. The molecule has 3 N–H and O–H groups in total. The van der Waals surface area contributed by atoms with E-state index >= 15 is 0 Å². The van der Waals surface area contributed by atoms with Gasteiger partial charge < -0.3 is 16.0 Å². The molecule has 0 saturated carbocycles. The Bertz CT molecular complexity index is 417. The molecule has 0 aliphatic carbocycles. The maximum atomic E-state index is 10.5. The number of anilines is 1. The minimum Gasteiger partial charge on any atom is -0.369 e. The van der Waals surface area contributed by atoms with E-state index in [1.165, 1.54) is 25.1 Å². The molecule has 1 aromatic heterocycles. The lowest BCUT2D eigenvalue weighted by atomic mass is 10.1. The number of hydrogen-bond acceptors (Lipinski definition) is 6. The van der Waals surface area contributed by atoms with Gasteiger partial charge in [0.25, 0.3) is 5.69 Å². The fraction of sp³-hybridized carbons (Fsp3) is 0.615. The van der Waals surface area contributed by atoms with Crippen LogP contribution in [0.1, 0.15) is 19.3 Å². The molecule has 110 valence electrons. The van der Waals surface area contributed by atoms with Crippen molar-refractivity contribution >= 4 is 11.5 Å². The van der Waals surface area contributed by atoms with Crippen LogP contribution in [0.15, 0.2) is 18.3 Å². The van der Waals surface area contributed by atoms with Crippen LogP contribution in [-0.4, -0.2) is 42.1 Å². The van der Waals surface area contributed by atoms with Crippen molar-refractivity contribution in [1.29, 1.82) is 0 Å². The molecule has 0 bridgehead atoms. The van der Waals surface area contributed by atoms with E-state index in [9.17, 15) is 10.1 Å². The van der Waals surface area contributed by atoms with Gasteiger partial charge in [0.1, 0.15) is 12.0 Å². The van der Waals surface area contributed by atoms with Crippen LogP contribution in [0.4, 0.5) is 11.5 Å². The summed E-state index contributed by atoms with van der Waals surface area (Å²) in [6.07, 6.45) is 5.00. The molecule has 1 saturated heterocycles. The van der Waals surface area contributed by atoms with Gasteiger partial charge in [-0.05, 0) is 38.4 Å². The number of rotatable bonds is 8. The van der Waals surface area contributed by atoms with Gasteiger partial charge in [0.05, 0.1) is 4.92 Å². The summed E-state index contributed by atoms with van der Waals surface area (Å²) >= 11 is 0. The second-order valence-electron chi connectivity index (χ2n) is 4.92. The second kappa shape index (κ2) is 7.76. The van der Waals surface area contributed by atoms with Crippen LogP contribution in [0, 0.1) is 10.1 Å². The van der Waals surface area contributed by atoms with E-state index in [2.05, 4.69) is 20.9 Å². The lowest BCUT2D eigenvalue weighted by Gasteiger charge is -2.11. The van der Waals surface area contributed by atoms with Crippen LogP contribution < -0.4 is 16.0 Å². The molecule has 7 nitrogen and oxygen atoms in total. The maximum absolute atomic E-state index is 10.5. The monoisotopic (exact) mass is 279 g/mol. The highest BCUT2D eigenvalue weighted by Crippen LogP contribution is 2.11. The van der Waals surface area contributed by atoms with Crippen molar-refractivity contribution in [2.75, 3.05) is 31.5 Å². The number of nitro groups is 1. The maximum Gasteiger partial charge on any atom is 0.287 e. The van der Waals surface area contributed by atoms with Gasteiger partial charge in [-0.25, -0.2) is 4.98 Å². The van der Waals surface area contributed by atoms with Crippen LogP contribution in [0.2, 0.25) is 0 Å². The Labute approximate surface area is 118 Å². The number of hydrogen-bond donors (Lipinski definition) is 3. The third kappa shape index (κ3) is 4.75. The molecule has 1 unspecified atom stereocenters. The van der Waals surface area contributed by atoms with Crippen molar-refractivity contribution in [3.8, 4) is 0 Å². The first kappa shape index (κ1) is 14.7. The summed E-state index contributed by atoms with van der Waals surface area (Å²) in [6.45, 7) is 3.76. The Hall–Kier alpha value is -1.73. The molecule has 0 amide bonds. The Morgan fingerprint density at radius 2 is 2.30 bits per heavy atom. The molecule has 1 aliphatic heterocycles. The van der Waals surface area contributed by atoms with Crippen LogP contribution in [-0.2, 0) is 0 Å². The Morgan fingerprint density at radius 3 is 2.95 bits per heavy atom. The molecular weight excluding hydrogens is 258 g/mol.